The third kappa shape index (κ3) is 5.63. The quantitative estimate of drug-likeness (QED) is 0.593. The van der Waals surface area contributed by atoms with Crippen LogP contribution in [0.15, 0.2) is 48.5 Å². The number of aryl methyl sites for hydroxylation is 1. The van der Waals surface area contributed by atoms with E-state index in [4.69, 9.17) is 9.47 Å². The van der Waals surface area contributed by atoms with Crippen LogP contribution >= 0.6 is 0 Å². The van der Waals surface area contributed by atoms with E-state index in [9.17, 15) is 14.0 Å². The van der Waals surface area contributed by atoms with Crippen LogP contribution < -0.4 is 4.74 Å². The normalized spacial score (nSPS) is 18.5. The summed E-state index contributed by atoms with van der Waals surface area (Å²) in [5.41, 5.74) is 1.03. The average Bonchev–Trinajstić information content (AvgIpc) is 2.79. The third-order valence-corrected chi connectivity index (χ3v) is 5.89. The Bertz CT molecular complexity index is 899. The monoisotopic (exact) mass is 427 g/mol. The number of methoxy groups -OCH3 is 1. The maximum absolute atomic E-state index is 13.3. The van der Waals surface area contributed by atoms with Crippen LogP contribution in [-0.2, 0) is 27.2 Å². The summed E-state index contributed by atoms with van der Waals surface area (Å²) < 4.78 is 24.1. The van der Waals surface area contributed by atoms with Crippen molar-refractivity contribution in [3.05, 3.63) is 65.5 Å². The Kier molecular flexibility index (Phi) is 7.66. The van der Waals surface area contributed by atoms with Gasteiger partial charge in [0.25, 0.3) is 0 Å². The lowest BCUT2D eigenvalue weighted by atomic mass is 9.75. The molecule has 6 heteroatoms. The first-order valence-electron chi connectivity index (χ1n) is 10.8. The van der Waals surface area contributed by atoms with Gasteiger partial charge in [-0.25, -0.2) is 4.39 Å². The largest absolute Gasteiger partial charge is 0.496 e. The number of nitrogens with zero attached hydrogens (tertiary/aromatic N) is 1. The number of carbonyl (C=O) groups is 2. The number of hydrogen-bond donors (Lipinski definition) is 0. The fourth-order valence-corrected chi connectivity index (χ4v) is 4.31. The number of para-hydroxylation sites is 1. The average molecular weight is 428 g/mol. The smallest absolute Gasteiger partial charge is 0.314 e. The van der Waals surface area contributed by atoms with Crippen molar-refractivity contribution >= 4 is 11.9 Å². The minimum Gasteiger partial charge on any atom is -0.496 e. The standard InChI is InChI=1S/C25H30FNO4/c1-3-31-24(29)25(17-19-9-12-21(26)13-10-19)15-6-16-27(18-25)23(28)14-11-20-7-4-5-8-22(20)30-2/h4-5,7-10,12-13H,3,6,11,14-18H2,1-2H3. The molecule has 1 saturated heterocycles. The van der Waals surface area contributed by atoms with Crippen molar-refractivity contribution in [1.82, 2.24) is 4.90 Å². The molecule has 0 N–H and O–H groups in total. The Morgan fingerprint density at radius 3 is 2.58 bits per heavy atom. The summed E-state index contributed by atoms with van der Waals surface area (Å²) in [5.74, 6) is 0.178. The maximum atomic E-state index is 13.3. The van der Waals surface area contributed by atoms with Gasteiger partial charge in [0.05, 0.1) is 19.1 Å². The second kappa shape index (κ2) is 10.4. The van der Waals surface area contributed by atoms with Crippen molar-refractivity contribution in [2.75, 3.05) is 26.8 Å². The van der Waals surface area contributed by atoms with Crippen molar-refractivity contribution < 1.29 is 23.5 Å². The van der Waals surface area contributed by atoms with E-state index in [1.54, 1.807) is 31.1 Å². The number of hydrogen-bond acceptors (Lipinski definition) is 4. The highest BCUT2D eigenvalue weighted by molar-refractivity contribution is 5.81. The van der Waals surface area contributed by atoms with Gasteiger partial charge in [-0.1, -0.05) is 30.3 Å². The molecular weight excluding hydrogens is 397 g/mol. The van der Waals surface area contributed by atoms with E-state index in [0.717, 1.165) is 23.3 Å². The van der Waals surface area contributed by atoms with E-state index in [1.165, 1.54) is 12.1 Å². The van der Waals surface area contributed by atoms with Crippen molar-refractivity contribution in [2.45, 2.75) is 39.0 Å². The van der Waals surface area contributed by atoms with Gasteiger partial charge in [-0.3, -0.25) is 9.59 Å². The molecule has 0 spiro atoms. The van der Waals surface area contributed by atoms with Gasteiger partial charge >= 0.3 is 5.97 Å². The van der Waals surface area contributed by atoms with Crippen molar-refractivity contribution in [2.24, 2.45) is 5.41 Å². The molecule has 166 valence electrons. The molecule has 2 aromatic carbocycles. The number of esters is 1. The Morgan fingerprint density at radius 2 is 1.87 bits per heavy atom. The Hall–Kier alpha value is -2.89. The van der Waals surface area contributed by atoms with E-state index < -0.39 is 5.41 Å². The highest BCUT2D eigenvalue weighted by Gasteiger charge is 2.44. The molecular formula is C25H30FNO4. The molecule has 5 nitrogen and oxygen atoms in total. The molecule has 1 heterocycles. The number of likely N-dealkylation sites (tertiary alicyclic amines) is 1. The van der Waals surface area contributed by atoms with Gasteiger partial charge < -0.3 is 14.4 Å². The molecule has 1 aliphatic heterocycles. The molecule has 1 fully saturated rings. The number of amides is 1. The molecule has 31 heavy (non-hydrogen) atoms. The molecule has 1 unspecified atom stereocenters. The fraction of sp³-hybridized carbons (Fsp3) is 0.440. The lowest BCUT2D eigenvalue weighted by molar-refractivity contribution is -0.160. The van der Waals surface area contributed by atoms with Crippen LogP contribution in [0.2, 0.25) is 0 Å². The highest BCUT2D eigenvalue weighted by Crippen LogP contribution is 2.36. The predicted molar refractivity (Wildman–Crippen MR) is 116 cm³/mol. The molecule has 0 aliphatic carbocycles. The first-order valence-corrected chi connectivity index (χ1v) is 10.8. The van der Waals surface area contributed by atoms with Gasteiger partial charge in [0.1, 0.15) is 11.6 Å². The van der Waals surface area contributed by atoms with Gasteiger partial charge in [-0.15, -0.1) is 0 Å². The topological polar surface area (TPSA) is 55.8 Å². The number of rotatable bonds is 8. The van der Waals surface area contributed by atoms with Crippen LogP contribution in [0.25, 0.3) is 0 Å². The summed E-state index contributed by atoms with van der Waals surface area (Å²) >= 11 is 0. The maximum Gasteiger partial charge on any atom is 0.314 e. The van der Waals surface area contributed by atoms with Crippen LogP contribution in [0.1, 0.15) is 37.3 Å². The van der Waals surface area contributed by atoms with Crippen molar-refractivity contribution in [3.8, 4) is 5.75 Å². The zero-order valence-corrected chi connectivity index (χ0v) is 18.2. The predicted octanol–water partition coefficient (Wildman–Crippen LogP) is 4.18. The molecule has 1 amide bonds. The number of ether oxygens (including phenoxy) is 2. The van der Waals surface area contributed by atoms with E-state index >= 15 is 0 Å². The van der Waals surface area contributed by atoms with E-state index in [-0.39, 0.29) is 24.3 Å². The summed E-state index contributed by atoms with van der Waals surface area (Å²) in [4.78, 5) is 27.8. The second-order valence-electron chi connectivity index (χ2n) is 8.03. The molecule has 3 rings (SSSR count). The number of piperidine rings is 1. The van der Waals surface area contributed by atoms with Crippen molar-refractivity contribution in [3.63, 3.8) is 0 Å². The summed E-state index contributed by atoms with van der Waals surface area (Å²) in [6.45, 7) is 3.00. The van der Waals surface area contributed by atoms with E-state index in [2.05, 4.69) is 0 Å². The summed E-state index contributed by atoms with van der Waals surface area (Å²) in [6, 6.07) is 13.8. The molecule has 2 aromatic rings. The van der Waals surface area contributed by atoms with Crippen LogP contribution in [0.5, 0.6) is 5.75 Å². The van der Waals surface area contributed by atoms with Gasteiger partial charge in [0, 0.05) is 19.5 Å². The van der Waals surface area contributed by atoms with E-state index in [0.29, 0.717) is 38.8 Å². The molecule has 1 aliphatic rings. The lowest BCUT2D eigenvalue weighted by Crippen LogP contribution is -2.51. The first kappa shape index (κ1) is 22.8. The minimum atomic E-state index is -0.813. The van der Waals surface area contributed by atoms with Gasteiger partial charge in [-0.05, 0) is 61.9 Å². The number of carbonyl (C=O) groups excluding carboxylic acids is 2. The minimum absolute atomic E-state index is 0.0124. The molecule has 0 aromatic heterocycles. The van der Waals surface area contributed by atoms with Gasteiger partial charge in [-0.2, -0.15) is 0 Å². The third-order valence-electron chi connectivity index (χ3n) is 5.89. The summed E-state index contributed by atoms with van der Waals surface area (Å²) in [6.07, 6.45) is 2.70. The Morgan fingerprint density at radius 1 is 1.13 bits per heavy atom. The first-order chi connectivity index (χ1) is 15.0. The number of benzene rings is 2. The number of halogens is 1. The summed E-state index contributed by atoms with van der Waals surface area (Å²) in [7, 11) is 1.62. The van der Waals surface area contributed by atoms with Crippen LogP contribution in [0, 0.1) is 11.2 Å². The fourth-order valence-electron chi connectivity index (χ4n) is 4.31. The SMILES string of the molecule is CCOC(=O)C1(Cc2ccc(F)cc2)CCCN(C(=O)CCc2ccccc2OC)C1. The van der Waals surface area contributed by atoms with Crippen LogP contribution in [-0.4, -0.2) is 43.6 Å². The van der Waals surface area contributed by atoms with E-state index in [1.807, 2.05) is 24.3 Å². The molecule has 1 atom stereocenters. The Balaban J connectivity index is 1.73. The van der Waals surface area contributed by atoms with Crippen LogP contribution in [0.3, 0.4) is 0 Å². The highest BCUT2D eigenvalue weighted by atomic mass is 19.1. The van der Waals surface area contributed by atoms with Crippen molar-refractivity contribution in [1.29, 1.82) is 0 Å². The zero-order chi connectivity index (χ0) is 22.3. The zero-order valence-electron chi connectivity index (χ0n) is 18.2. The lowest BCUT2D eigenvalue weighted by Gasteiger charge is -2.41. The van der Waals surface area contributed by atoms with Crippen LogP contribution in [0.4, 0.5) is 4.39 Å². The molecule has 0 saturated carbocycles. The molecule has 0 radical (unpaired) electrons. The van der Waals surface area contributed by atoms with Gasteiger partial charge in [0.2, 0.25) is 5.91 Å². The Labute approximate surface area is 183 Å². The molecule has 0 bridgehead atoms. The van der Waals surface area contributed by atoms with Gasteiger partial charge in [0.15, 0.2) is 0 Å². The second-order valence-corrected chi connectivity index (χ2v) is 8.03. The summed E-state index contributed by atoms with van der Waals surface area (Å²) in [5, 5.41) is 0.